The van der Waals surface area contributed by atoms with Crippen molar-refractivity contribution >= 4 is 23.6 Å². The van der Waals surface area contributed by atoms with Crippen molar-refractivity contribution in [3.63, 3.8) is 0 Å². The number of benzene rings is 1. The maximum atomic E-state index is 12.6. The number of esters is 2. The molecule has 0 saturated heterocycles. The Morgan fingerprint density at radius 1 is 1.10 bits per heavy atom. The smallest absolute Gasteiger partial charge is 0.355 e. The van der Waals surface area contributed by atoms with Gasteiger partial charge >= 0.3 is 17.9 Å². The summed E-state index contributed by atoms with van der Waals surface area (Å²) in [4.78, 5) is 37.1. The topological polar surface area (TPSA) is 102 Å². The van der Waals surface area contributed by atoms with Crippen LogP contribution in [0.5, 0.6) is 5.75 Å². The molecule has 0 aromatic heterocycles. The maximum absolute atomic E-state index is 12.6. The monoisotopic (exact) mass is 409 g/mol. The van der Waals surface area contributed by atoms with E-state index in [2.05, 4.69) is 0 Å². The lowest BCUT2D eigenvalue weighted by Gasteiger charge is -2.25. The molecule has 1 aromatic rings. The van der Waals surface area contributed by atoms with Gasteiger partial charge in [-0.3, -0.25) is 0 Å². The summed E-state index contributed by atoms with van der Waals surface area (Å²) in [5, 5.41) is 9.28. The highest BCUT2D eigenvalue weighted by Crippen LogP contribution is 2.35. The van der Waals surface area contributed by atoms with E-state index >= 15 is 0 Å². The predicted molar refractivity (Wildman–Crippen MR) is 96.7 cm³/mol. The van der Waals surface area contributed by atoms with E-state index in [1.165, 1.54) is 30.5 Å². The van der Waals surface area contributed by atoms with Crippen LogP contribution >= 0.6 is 0 Å². The van der Waals surface area contributed by atoms with Crippen LogP contribution in [0.4, 0.5) is 14.5 Å². The number of ether oxygens (including phenoxy) is 3. The first-order valence-electron chi connectivity index (χ1n) is 8.13. The third-order valence-electron chi connectivity index (χ3n) is 3.72. The molecule has 0 aliphatic carbocycles. The normalized spacial score (nSPS) is 13.3. The fourth-order valence-electron chi connectivity index (χ4n) is 2.46. The molecular formula is C19H17F2NO7. The Balaban J connectivity index is 2.72. The Kier molecular flexibility index (Phi) is 7.07. The van der Waals surface area contributed by atoms with Crippen LogP contribution in [0.2, 0.25) is 0 Å². The quantitative estimate of drug-likeness (QED) is 0.686. The predicted octanol–water partition coefficient (Wildman–Crippen LogP) is 2.52. The van der Waals surface area contributed by atoms with Gasteiger partial charge in [0.2, 0.25) is 0 Å². The summed E-state index contributed by atoms with van der Waals surface area (Å²) in [7, 11) is 2.20. The molecule has 0 atom stereocenters. The molecule has 0 bridgehead atoms. The Morgan fingerprint density at radius 2 is 1.79 bits per heavy atom. The minimum atomic E-state index is -2.79. The van der Waals surface area contributed by atoms with E-state index in [0.29, 0.717) is 0 Å². The molecule has 0 saturated carbocycles. The standard InChI is InChI=1S/C19H17F2NO7/c1-27-18(25)12-5-3-4-8-22(16(12)19(26)28-2)13-9-11(17(23)24)6-7-14(13)29-10-15(20)21/h3-9,15H,10H2,1-2H3,(H,23,24). The molecule has 154 valence electrons. The van der Waals surface area contributed by atoms with Gasteiger partial charge in [0.1, 0.15) is 18.1 Å². The highest BCUT2D eigenvalue weighted by atomic mass is 19.3. The Labute approximate surface area is 164 Å². The van der Waals surface area contributed by atoms with Crippen molar-refractivity contribution in [2.45, 2.75) is 6.43 Å². The van der Waals surface area contributed by atoms with Gasteiger partial charge in [0.25, 0.3) is 6.43 Å². The number of hydrogen-bond acceptors (Lipinski definition) is 7. The van der Waals surface area contributed by atoms with Gasteiger partial charge in [-0.25, -0.2) is 23.2 Å². The molecule has 0 unspecified atom stereocenters. The lowest BCUT2D eigenvalue weighted by Crippen LogP contribution is -2.27. The van der Waals surface area contributed by atoms with E-state index in [1.54, 1.807) is 0 Å². The number of anilines is 1. The summed E-state index contributed by atoms with van der Waals surface area (Å²) >= 11 is 0. The summed E-state index contributed by atoms with van der Waals surface area (Å²) in [6.45, 7) is -0.962. The lowest BCUT2D eigenvalue weighted by atomic mass is 10.1. The van der Waals surface area contributed by atoms with Gasteiger partial charge in [-0.15, -0.1) is 0 Å². The minimum Gasteiger partial charge on any atom is -0.485 e. The minimum absolute atomic E-state index is 0.0627. The average Bonchev–Trinajstić information content (AvgIpc) is 2.93. The number of rotatable bonds is 7. The molecule has 1 aliphatic heterocycles. The SMILES string of the molecule is COC(=O)C1=C(C(=O)OC)N(c2cc(C(=O)O)ccc2OCC(F)F)C=CC=C1. The number of methoxy groups -OCH3 is 2. The van der Waals surface area contributed by atoms with E-state index in [4.69, 9.17) is 14.2 Å². The molecule has 1 aromatic carbocycles. The van der Waals surface area contributed by atoms with Crippen molar-refractivity contribution in [3.8, 4) is 5.75 Å². The third-order valence-corrected chi connectivity index (χ3v) is 3.72. The molecule has 0 fully saturated rings. The lowest BCUT2D eigenvalue weighted by molar-refractivity contribution is -0.139. The van der Waals surface area contributed by atoms with Crippen LogP contribution in [0.1, 0.15) is 10.4 Å². The summed E-state index contributed by atoms with van der Waals surface area (Å²) in [6, 6.07) is 3.46. The van der Waals surface area contributed by atoms with Gasteiger partial charge in [0.05, 0.1) is 31.0 Å². The van der Waals surface area contributed by atoms with Crippen LogP contribution in [-0.2, 0) is 19.1 Å². The van der Waals surface area contributed by atoms with Crippen LogP contribution in [0.3, 0.4) is 0 Å². The molecule has 0 radical (unpaired) electrons. The molecule has 10 heteroatoms. The highest BCUT2D eigenvalue weighted by molar-refractivity contribution is 6.06. The molecule has 1 N–H and O–H groups in total. The number of carbonyl (C=O) groups excluding carboxylic acids is 2. The van der Waals surface area contributed by atoms with Crippen LogP contribution < -0.4 is 9.64 Å². The Hall–Kier alpha value is -3.69. The first-order chi connectivity index (χ1) is 13.8. The number of halogens is 2. The number of alkyl halides is 2. The summed E-state index contributed by atoms with van der Waals surface area (Å²) in [6.07, 6.45) is 2.73. The van der Waals surface area contributed by atoms with E-state index in [0.717, 1.165) is 31.3 Å². The van der Waals surface area contributed by atoms with Gasteiger partial charge in [-0.1, -0.05) is 6.08 Å². The van der Waals surface area contributed by atoms with E-state index in [9.17, 15) is 28.3 Å². The molecule has 8 nitrogen and oxygen atoms in total. The van der Waals surface area contributed by atoms with Gasteiger partial charge in [0, 0.05) is 6.20 Å². The van der Waals surface area contributed by atoms with E-state index < -0.39 is 30.9 Å². The number of carbonyl (C=O) groups is 3. The van der Waals surface area contributed by atoms with Crippen LogP contribution in [0, 0.1) is 0 Å². The summed E-state index contributed by atoms with van der Waals surface area (Å²) in [5.74, 6) is -3.23. The van der Waals surface area contributed by atoms with Crippen molar-refractivity contribution in [1.29, 1.82) is 0 Å². The van der Waals surface area contributed by atoms with Crippen molar-refractivity contribution in [2.75, 3.05) is 25.7 Å². The van der Waals surface area contributed by atoms with E-state index in [-0.39, 0.29) is 28.3 Å². The second kappa shape index (κ2) is 9.49. The molecular weight excluding hydrogens is 392 g/mol. The second-order valence-corrected chi connectivity index (χ2v) is 5.51. The fraction of sp³-hybridized carbons (Fsp3) is 0.211. The molecule has 29 heavy (non-hydrogen) atoms. The summed E-state index contributed by atoms with van der Waals surface area (Å²) in [5.41, 5.74) is -0.759. The first-order valence-corrected chi connectivity index (χ1v) is 8.13. The van der Waals surface area contributed by atoms with Gasteiger partial charge in [-0.2, -0.15) is 0 Å². The molecule has 1 heterocycles. The molecule has 0 amide bonds. The number of nitrogens with zero attached hydrogens (tertiary/aromatic N) is 1. The fourth-order valence-corrected chi connectivity index (χ4v) is 2.46. The number of hydrogen-bond donors (Lipinski definition) is 1. The van der Waals surface area contributed by atoms with Crippen molar-refractivity contribution in [2.24, 2.45) is 0 Å². The maximum Gasteiger partial charge on any atom is 0.355 e. The first kappa shape index (κ1) is 21.6. The zero-order valence-electron chi connectivity index (χ0n) is 15.4. The largest absolute Gasteiger partial charge is 0.485 e. The Bertz CT molecular complexity index is 906. The zero-order chi connectivity index (χ0) is 21.6. The molecule has 1 aliphatic rings. The van der Waals surface area contributed by atoms with Crippen LogP contribution in [0.15, 0.2) is 53.9 Å². The number of carboxylic acid groups (broad SMARTS) is 1. The van der Waals surface area contributed by atoms with Crippen molar-refractivity contribution < 1.29 is 42.5 Å². The molecule has 0 spiro atoms. The average molecular weight is 409 g/mol. The Morgan fingerprint density at radius 3 is 2.38 bits per heavy atom. The third kappa shape index (κ3) is 4.98. The number of carboxylic acids is 1. The number of aromatic carboxylic acids is 1. The number of allylic oxidation sites excluding steroid dienone is 2. The van der Waals surface area contributed by atoms with Crippen molar-refractivity contribution in [3.05, 3.63) is 59.5 Å². The van der Waals surface area contributed by atoms with Gasteiger partial charge < -0.3 is 24.2 Å². The van der Waals surface area contributed by atoms with Crippen molar-refractivity contribution in [1.82, 2.24) is 0 Å². The highest BCUT2D eigenvalue weighted by Gasteiger charge is 2.29. The van der Waals surface area contributed by atoms with Crippen LogP contribution in [0.25, 0.3) is 0 Å². The zero-order valence-corrected chi connectivity index (χ0v) is 15.4. The second-order valence-electron chi connectivity index (χ2n) is 5.51. The summed E-state index contributed by atoms with van der Waals surface area (Å²) < 4.78 is 39.8. The van der Waals surface area contributed by atoms with E-state index in [1.807, 2.05) is 0 Å². The molecule has 2 rings (SSSR count). The van der Waals surface area contributed by atoms with Gasteiger partial charge in [0.15, 0.2) is 0 Å². The van der Waals surface area contributed by atoms with Crippen LogP contribution in [-0.4, -0.2) is 50.3 Å². The van der Waals surface area contributed by atoms with Gasteiger partial charge in [-0.05, 0) is 30.4 Å².